The smallest absolute Gasteiger partial charge is 0.0656 e. The van der Waals surface area contributed by atoms with Crippen LogP contribution in [0.4, 0.5) is 0 Å². The van der Waals surface area contributed by atoms with Gasteiger partial charge in [-0.2, -0.15) is 0 Å². The van der Waals surface area contributed by atoms with Crippen molar-refractivity contribution < 1.29 is 0 Å². The highest BCUT2D eigenvalue weighted by Crippen LogP contribution is 2.25. The van der Waals surface area contributed by atoms with Gasteiger partial charge in [-0.3, -0.25) is 0 Å². The number of hydrogen-bond acceptors (Lipinski definition) is 2. The van der Waals surface area contributed by atoms with Gasteiger partial charge < -0.3 is 5.32 Å². The van der Waals surface area contributed by atoms with Gasteiger partial charge in [-0.15, -0.1) is 11.3 Å². The van der Waals surface area contributed by atoms with Crippen molar-refractivity contribution in [3.63, 3.8) is 0 Å². The highest BCUT2D eigenvalue weighted by atomic mass is 127. The number of thiophene rings is 1. The van der Waals surface area contributed by atoms with Gasteiger partial charge in [-0.25, -0.2) is 0 Å². The van der Waals surface area contributed by atoms with Crippen LogP contribution < -0.4 is 5.32 Å². The lowest BCUT2D eigenvalue weighted by atomic mass is 10.0. The summed E-state index contributed by atoms with van der Waals surface area (Å²) in [6, 6.07) is 2.87. The van der Waals surface area contributed by atoms with E-state index in [0.717, 1.165) is 6.54 Å². The molecule has 0 saturated carbocycles. The quantitative estimate of drug-likeness (QED) is 0.774. The van der Waals surface area contributed by atoms with Gasteiger partial charge in [-0.1, -0.05) is 26.7 Å². The average Bonchev–Trinajstić information content (AvgIpc) is 2.59. The molecule has 1 aromatic rings. The number of nitrogens with one attached hydrogen (secondary N) is 1. The highest BCUT2D eigenvalue weighted by Gasteiger charge is 2.10. The first-order valence-corrected chi connectivity index (χ1v) is 7.21. The average molecular weight is 323 g/mol. The molecule has 0 radical (unpaired) electrons. The van der Waals surface area contributed by atoms with E-state index in [-0.39, 0.29) is 0 Å². The van der Waals surface area contributed by atoms with Gasteiger partial charge in [0.15, 0.2) is 0 Å². The zero-order chi connectivity index (χ0) is 10.4. The third-order valence-electron chi connectivity index (χ3n) is 2.29. The summed E-state index contributed by atoms with van der Waals surface area (Å²) in [7, 11) is 0. The van der Waals surface area contributed by atoms with E-state index in [4.69, 9.17) is 0 Å². The van der Waals surface area contributed by atoms with Gasteiger partial charge in [0, 0.05) is 6.04 Å². The molecule has 1 atom stereocenters. The first-order chi connectivity index (χ1) is 6.77. The molecule has 1 aromatic heterocycles. The van der Waals surface area contributed by atoms with Gasteiger partial charge in [0.1, 0.15) is 0 Å². The summed E-state index contributed by atoms with van der Waals surface area (Å²) in [6.45, 7) is 5.48. The lowest BCUT2D eigenvalue weighted by Crippen LogP contribution is -2.20. The molecule has 0 aliphatic carbocycles. The van der Waals surface area contributed by atoms with E-state index in [0.29, 0.717) is 6.04 Å². The van der Waals surface area contributed by atoms with Gasteiger partial charge in [-0.05, 0) is 52.6 Å². The van der Waals surface area contributed by atoms with E-state index in [1.54, 1.807) is 0 Å². The zero-order valence-electron chi connectivity index (χ0n) is 8.85. The lowest BCUT2D eigenvalue weighted by Gasteiger charge is -2.16. The van der Waals surface area contributed by atoms with Crippen LogP contribution in [0.25, 0.3) is 0 Å². The van der Waals surface area contributed by atoms with E-state index < -0.39 is 0 Å². The SMILES string of the molecule is CCCCC(NCC)c1csc(I)c1. The molecule has 0 amide bonds. The van der Waals surface area contributed by atoms with Crippen LogP contribution in [0.1, 0.15) is 44.7 Å². The molecule has 80 valence electrons. The maximum atomic E-state index is 3.55. The standard InChI is InChI=1S/C11H18INS/c1-3-5-6-10(13-4-2)9-7-11(12)14-8-9/h7-8,10,13H,3-6H2,1-2H3. The Kier molecular flexibility index (Phi) is 6.05. The predicted octanol–water partition coefficient (Wildman–Crippen LogP) is 4.19. The van der Waals surface area contributed by atoms with Crippen LogP contribution in [0.2, 0.25) is 0 Å². The summed E-state index contributed by atoms with van der Waals surface area (Å²) >= 11 is 4.23. The fourth-order valence-corrected chi connectivity index (χ4v) is 2.97. The minimum Gasteiger partial charge on any atom is -0.310 e. The Morgan fingerprint density at radius 3 is 2.79 bits per heavy atom. The van der Waals surface area contributed by atoms with E-state index in [2.05, 4.69) is 53.2 Å². The van der Waals surface area contributed by atoms with E-state index in [1.807, 2.05) is 11.3 Å². The van der Waals surface area contributed by atoms with Crippen LogP contribution in [0.15, 0.2) is 11.4 Å². The molecule has 1 N–H and O–H groups in total. The number of unbranched alkanes of at least 4 members (excludes halogenated alkanes) is 1. The van der Waals surface area contributed by atoms with Crippen molar-refractivity contribution in [3.05, 3.63) is 19.9 Å². The van der Waals surface area contributed by atoms with Crippen molar-refractivity contribution >= 4 is 33.9 Å². The second-order valence-corrected chi connectivity index (χ2v) is 6.24. The van der Waals surface area contributed by atoms with Crippen molar-refractivity contribution in [3.8, 4) is 0 Å². The predicted molar refractivity (Wildman–Crippen MR) is 73.0 cm³/mol. The lowest BCUT2D eigenvalue weighted by molar-refractivity contribution is 0.496. The minimum absolute atomic E-state index is 0.569. The molecule has 0 aliphatic rings. The fourth-order valence-electron chi connectivity index (χ4n) is 1.55. The summed E-state index contributed by atoms with van der Waals surface area (Å²) in [5, 5.41) is 5.83. The number of rotatable bonds is 6. The molecule has 1 heterocycles. The fraction of sp³-hybridized carbons (Fsp3) is 0.636. The normalized spacial score (nSPS) is 13.1. The second-order valence-electron chi connectivity index (χ2n) is 3.44. The molecule has 1 nitrogen and oxygen atoms in total. The first-order valence-electron chi connectivity index (χ1n) is 5.25. The molecule has 0 aliphatic heterocycles. The third-order valence-corrected chi connectivity index (χ3v) is 4.09. The molecule has 0 fully saturated rings. The molecule has 0 bridgehead atoms. The van der Waals surface area contributed by atoms with Crippen LogP contribution in [0.3, 0.4) is 0 Å². The summed E-state index contributed by atoms with van der Waals surface area (Å²) in [5.74, 6) is 0. The molecule has 0 spiro atoms. The highest BCUT2D eigenvalue weighted by molar-refractivity contribution is 14.1. The Bertz CT molecular complexity index is 260. The van der Waals surface area contributed by atoms with Crippen molar-refractivity contribution in [1.29, 1.82) is 0 Å². The topological polar surface area (TPSA) is 12.0 Å². The van der Waals surface area contributed by atoms with Crippen LogP contribution in [-0.2, 0) is 0 Å². The van der Waals surface area contributed by atoms with Crippen molar-refractivity contribution in [2.75, 3.05) is 6.54 Å². The van der Waals surface area contributed by atoms with E-state index in [9.17, 15) is 0 Å². The summed E-state index contributed by atoms with van der Waals surface area (Å²) in [4.78, 5) is 0. The van der Waals surface area contributed by atoms with E-state index in [1.165, 1.54) is 27.7 Å². The van der Waals surface area contributed by atoms with E-state index >= 15 is 0 Å². The Morgan fingerprint density at radius 1 is 1.50 bits per heavy atom. The molecule has 3 heteroatoms. The van der Waals surface area contributed by atoms with Crippen molar-refractivity contribution in [2.24, 2.45) is 0 Å². The Balaban J connectivity index is 2.57. The molecular weight excluding hydrogens is 305 g/mol. The Hall–Kier alpha value is 0.390. The summed E-state index contributed by atoms with van der Waals surface area (Å²) < 4.78 is 1.39. The minimum atomic E-state index is 0.569. The van der Waals surface area contributed by atoms with Gasteiger partial charge in [0.25, 0.3) is 0 Å². The molecule has 1 unspecified atom stereocenters. The summed E-state index contributed by atoms with van der Waals surface area (Å²) in [6.07, 6.45) is 3.85. The molecule has 14 heavy (non-hydrogen) atoms. The molecule has 1 rings (SSSR count). The van der Waals surface area contributed by atoms with Crippen LogP contribution in [0.5, 0.6) is 0 Å². The zero-order valence-corrected chi connectivity index (χ0v) is 11.8. The first kappa shape index (κ1) is 12.5. The van der Waals surface area contributed by atoms with Crippen LogP contribution in [0, 0.1) is 2.88 Å². The molecular formula is C11H18INS. The Labute approximate surface area is 104 Å². The van der Waals surface area contributed by atoms with Crippen molar-refractivity contribution in [2.45, 2.75) is 39.2 Å². The second kappa shape index (κ2) is 6.80. The monoisotopic (exact) mass is 323 g/mol. The van der Waals surface area contributed by atoms with Crippen LogP contribution in [-0.4, -0.2) is 6.54 Å². The van der Waals surface area contributed by atoms with Crippen molar-refractivity contribution in [1.82, 2.24) is 5.32 Å². The molecule has 0 saturated heterocycles. The van der Waals surface area contributed by atoms with Gasteiger partial charge in [0.2, 0.25) is 0 Å². The largest absolute Gasteiger partial charge is 0.310 e. The number of halogens is 1. The third kappa shape index (κ3) is 3.87. The van der Waals surface area contributed by atoms with Gasteiger partial charge >= 0.3 is 0 Å². The number of hydrogen-bond donors (Lipinski definition) is 1. The maximum Gasteiger partial charge on any atom is 0.0656 e. The molecule has 0 aromatic carbocycles. The Morgan fingerprint density at radius 2 is 2.29 bits per heavy atom. The maximum absolute atomic E-state index is 3.55. The van der Waals surface area contributed by atoms with Gasteiger partial charge in [0.05, 0.1) is 2.88 Å². The van der Waals surface area contributed by atoms with Crippen LogP contribution >= 0.6 is 33.9 Å². The summed E-state index contributed by atoms with van der Waals surface area (Å²) in [5.41, 5.74) is 1.47.